The summed E-state index contributed by atoms with van der Waals surface area (Å²) in [5, 5.41) is 11.9. The normalized spacial score (nSPS) is 11.7. The number of hydrogen-bond donors (Lipinski definition) is 2. The highest BCUT2D eigenvalue weighted by molar-refractivity contribution is 6.39. The van der Waals surface area contributed by atoms with E-state index < -0.39 is 0 Å². The molecule has 0 aromatic heterocycles. The second kappa shape index (κ2) is 3.65. The van der Waals surface area contributed by atoms with Crippen LogP contribution < -0.4 is 5.73 Å². The van der Waals surface area contributed by atoms with Crippen LogP contribution in [0.4, 0.5) is 0 Å². The van der Waals surface area contributed by atoms with Gasteiger partial charge < -0.3 is 10.9 Å². The molecule has 5 heteroatoms. The van der Waals surface area contributed by atoms with Gasteiger partial charge in [-0.05, 0) is 12.1 Å². The lowest BCUT2D eigenvalue weighted by molar-refractivity contribution is 0.318. The highest BCUT2D eigenvalue weighted by Gasteiger charge is 2.08. The number of hydrogen-bond acceptors (Lipinski definition) is 2. The Kier molecular flexibility index (Phi) is 2.78. The smallest absolute Gasteiger partial charge is 0.173 e. The molecule has 0 saturated carbocycles. The number of nitrogens with zero attached hydrogens (tertiary/aromatic N) is 1. The van der Waals surface area contributed by atoms with Crippen molar-refractivity contribution in [3.8, 4) is 0 Å². The minimum Gasteiger partial charge on any atom is -0.409 e. The summed E-state index contributed by atoms with van der Waals surface area (Å²) in [4.78, 5) is 0. The van der Waals surface area contributed by atoms with E-state index in [1.165, 1.54) is 0 Å². The summed E-state index contributed by atoms with van der Waals surface area (Å²) >= 11 is 11.5. The van der Waals surface area contributed by atoms with Crippen LogP contribution in [0.2, 0.25) is 10.0 Å². The summed E-state index contributed by atoms with van der Waals surface area (Å²) in [6.07, 6.45) is 0. The molecule has 0 saturated heterocycles. The summed E-state index contributed by atoms with van der Waals surface area (Å²) in [5.74, 6) is -0.0920. The van der Waals surface area contributed by atoms with Crippen LogP contribution in [0.1, 0.15) is 5.56 Å². The Hall–Kier alpha value is -0.930. The lowest BCUT2D eigenvalue weighted by atomic mass is 10.2. The predicted octanol–water partition coefficient (Wildman–Crippen LogP) is 2.09. The topological polar surface area (TPSA) is 58.6 Å². The van der Waals surface area contributed by atoms with E-state index in [2.05, 4.69) is 5.16 Å². The van der Waals surface area contributed by atoms with Gasteiger partial charge in [-0.3, -0.25) is 0 Å². The maximum atomic E-state index is 8.38. The summed E-state index contributed by atoms with van der Waals surface area (Å²) in [6, 6.07) is 4.90. The van der Waals surface area contributed by atoms with Gasteiger partial charge in [0.05, 0.1) is 15.6 Å². The monoisotopic (exact) mass is 204 g/mol. The van der Waals surface area contributed by atoms with Crippen molar-refractivity contribution in [2.45, 2.75) is 0 Å². The average Bonchev–Trinajstić information content (AvgIpc) is 2.03. The van der Waals surface area contributed by atoms with E-state index in [1.807, 2.05) is 0 Å². The number of benzene rings is 1. The van der Waals surface area contributed by atoms with Crippen LogP contribution in [0.5, 0.6) is 0 Å². The van der Waals surface area contributed by atoms with Crippen molar-refractivity contribution in [2.24, 2.45) is 10.9 Å². The molecule has 1 aromatic rings. The molecule has 0 aliphatic rings. The van der Waals surface area contributed by atoms with E-state index in [4.69, 9.17) is 34.1 Å². The van der Waals surface area contributed by atoms with Crippen LogP contribution in [0.25, 0.3) is 0 Å². The van der Waals surface area contributed by atoms with Crippen molar-refractivity contribution < 1.29 is 5.21 Å². The molecule has 12 heavy (non-hydrogen) atoms. The van der Waals surface area contributed by atoms with Crippen molar-refractivity contribution >= 4 is 29.0 Å². The molecule has 3 nitrogen and oxygen atoms in total. The zero-order valence-electron chi connectivity index (χ0n) is 5.96. The first-order chi connectivity index (χ1) is 5.66. The fourth-order valence-electron chi connectivity index (χ4n) is 0.793. The van der Waals surface area contributed by atoms with Gasteiger partial charge in [-0.1, -0.05) is 34.4 Å². The summed E-state index contributed by atoms with van der Waals surface area (Å²) < 4.78 is 0. The molecule has 1 rings (SSSR count). The number of amidine groups is 1. The Morgan fingerprint density at radius 2 is 1.83 bits per heavy atom. The molecule has 64 valence electrons. The highest BCUT2D eigenvalue weighted by atomic mass is 35.5. The van der Waals surface area contributed by atoms with Gasteiger partial charge in [-0.25, -0.2) is 0 Å². The second-order valence-corrected chi connectivity index (χ2v) is 2.90. The first-order valence-electron chi connectivity index (χ1n) is 3.08. The van der Waals surface area contributed by atoms with Gasteiger partial charge in [0.2, 0.25) is 0 Å². The Morgan fingerprint density at radius 1 is 1.33 bits per heavy atom. The maximum absolute atomic E-state index is 8.38. The fourth-order valence-corrected chi connectivity index (χ4v) is 1.38. The lowest BCUT2D eigenvalue weighted by Crippen LogP contribution is -2.14. The third-order valence-corrected chi connectivity index (χ3v) is 1.96. The molecule has 0 spiro atoms. The van der Waals surface area contributed by atoms with Crippen LogP contribution in [-0.4, -0.2) is 11.0 Å². The van der Waals surface area contributed by atoms with Crippen molar-refractivity contribution in [2.75, 3.05) is 0 Å². The van der Waals surface area contributed by atoms with Crippen molar-refractivity contribution in [1.29, 1.82) is 0 Å². The van der Waals surface area contributed by atoms with Crippen LogP contribution in [0.15, 0.2) is 23.4 Å². The standard InChI is InChI=1S/C7H6Cl2N2O/c8-4-2-1-3-5(9)6(4)7(10)11-12/h1-3,12H,(H2,10,11). The molecule has 0 aliphatic heterocycles. The first kappa shape index (κ1) is 9.16. The quantitative estimate of drug-likeness (QED) is 0.319. The molecule has 0 amide bonds. The fraction of sp³-hybridized carbons (Fsp3) is 0. The Balaban J connectivity index is 3.31. The molecule has 0 unspecified atom stereocenters. The van der Waals surface area contributed by atoms with E-state index in [1.54, 1.807) is 18.2 Å². The molecule has 0 radical (unpaired) electrons. The van der Waals surface area contributed by atoms with Crippen molar-refractivity contribution in [1.82, 2.24) is 0 Å². The molecular weight excluding hydrogens is 199 g/mol. The van der Waals surface area contributed by atoms with Crippen LogP contribution in [0.3, 0.4) is 0 Å². The second-order valence-electron chi connectivity index (χ2n) is 2.08. The van der Waals surface area contributed by atoms with Crippen LogP contribution >= 0.6 is 23.2 Å². The molecule has 0 aliphatic carbocycles. The minimum atomic E-state index is -0.0920. The zero-order chi connectivity index (χ0) is 9.14. The van der Waals surface area contributed by atoms with Gasteiger partial charge in [0.15, 0.2) is 5.84 Å². The Morgan fingerprint density at radius 3 is 2.25 bits per heavy atom. The van der Waals surface area contributed by atoms with Gasteiger partial charge in [0, 0.05) is 0 Å². The predicted molar refractivity (Wildman–Crippen MR) is 49.0 cm³/mol. The number of halogens is 2. The molecule has 0 heterocycles. The van der Waals surface area contributed by atoms with Crippen LogP contribution in [0, 0.1) is 0 Å². The largest absolute Gasteiger partial charge is 0.409 e. The van der Waals surface area contributed by atoms with Gasteiger partial charge in [0.1, 0.15) is 0 Å². The lowest BCUT2D eigenvalue weighted by Gasteiger charge is -2.03. The van der Waals surface area contributed by atoms with Gasteiger partial charge in [-0.15, -0.1) is 0 Å². The maximum Gasteiger partial charge on any atom is 0.173 e. The average molecular weight is 205 g/mol. The highest BCUT2D eigenvalue weighted by Crippen LogP contribution is 2.23. The van der Waals surface area contributed by atoms with E-state index in [0.717, 1.165) is 0 Å². The molecule has 0 bridgehead atoms. The van der Waals surface area contributed by atoms with Crippen molar-refractivity contribution in [3.63, 3.8) is 0 Å². The van der Waals surface area contributed by atoms with Crippen molar-refractivity contribution in [3.05, 3.63) is 33.8 Å². The molecule has 0 atom stereocenters. The number of nitrogens with two attached hydrogens (primary N) is 1. The van der Waals surface area contributed by atoms with E-state index in [9.17, 15) is 0 Å². The SMILES string of the molecule is NC(=NO)c1c(Cl)cccc1Cl. The minimum absolute atomic E-state index is 0.0920. The summed E-state index contributed by atoms with van der Waals surface area (Å²) in [6.45, 7) is 0. The van der Waals surface area contributed by atoms with E-state index >= 15 is 0 Å². The molecular formula is C7H6Cl2N2O. The molecule has 3 N–H and O–H groups in total. The Labute approximate surface area is 79.4 Å². The third kappa shape index (κ3) is 1.62. The van der Waals surface area contributed by atoms with Crippen LogP contribution in [-0.2, 0) is 0 Å². The number of rotatable bonds is 1. The van der Waals surface area contributed by atoms with Gasteiger partial charge in [0.25, 0.3) is 0 Å². The first-order valence-corrected chi connectivity index (χ1v) is 3.84. The molecule has 0 fully saturated rings. The van der Waals surface area contributed by atoms with Gasteiger partial charge in [-0.2, -0.15) is 0 Å². The van der Waals surface area contributed by atoms with E-state index in [-0.39, 0.29) is 5.84 Å². The number of oxime groups is 1. The van der Waals surface area contributed by atoms with Gasteiger partial charge >= 0.3 is 0 Å². The third-order valence-electron chi connectivity index (χ3n) is 1.33. The zero-order valence-corrected chi connectivity index (χ0v) is 7.47. The summed E-state index contributed by atoms with van der Waals surface area (Å²) in [7, 11) is 0. The summed E-state index contributed by atoms with van der Waals surface area (Å²) in [5.41, 5.74) is 5.68. The van der Waals surface area contributed by atoms with E-state index in [0.29, 0.717) is 15.6 Å². The molecule has 1 aromatic carbocycles. The Bertz CT molecular complexity index is 305.